The van der Waals surface area contributed by atoms with Crippen molar-refractivity contribution < 1.29 is 45.7 Å². The quantitative estimate of drug-likeness (QED) is 0.188. The number of allylic oxidation sites excluding steroid dienone is 1. The molecule has 0 amide bonds. The van der Waals surface area contributed by atoms with Crippen LogP contribution in [0.3, 0.4) is 0 Å². The lowest BCUT2D eigenvalue weighted by atomic mass is 10.3. The summed E-state index contributed by atoms with van der Waals surface area (Å²) in [5.41, 5.74) is 0. The van der Waals surface area contributed by atoms with E-state index in [0.717, 1.165) is 0 Å². The van der Waals surface area contributed by atoms with Crippen LogP contribution in [0.4, 0.5) is 22.1 Å². The molecule has 0 saturated carbocycles. The lowest BCUT2D eigenvalue weighted by Crippen LogP contribution is -2.42. The zero-order chi connectivity index (χ0) is 30.6. The molecule has 0 aromatic rings. The number of hydrogen-bond donors (Lipinski definition) is 0. The van der Waals surface area contributed by atoms with Gasteiger partial charge in [-0.15, -0.1) is 6.58 Å². The van der Waals surface area contributed by atoms with Crippen molar-refractivity contribution in [1.82, 2.24) is 0 Å². The molecular formula is C25H60BF4N3O3. The van der Waals surface area contributed by atoms with Gasteiger partial charge in [-0.05, 0) is 75.4 Å². The summed E-state index contributed by atoms with van der Waals surface area (Å²) in [5.74, 6) is 0. The summed E-state index contributed by atoms with van der Waals surface area (Å²) < 4.78 is 42.6. The van der Waals surface area contributed by atoms with Crippen molar-refractivity contribution in [2.45, 2.75) is 69.2 Å². The second kappa shape index (κ2) is 28.2. The van der Waals surface area contributed by atoms with Crippen LogP contribution in [-0.4, -0.2) is 107 Å². The molecule has 0 heterocycles. The van der Waals surface area contributed by atoms with Crippen LogP contribution in [-0.2, 0) is 0 Å². The monoisotopic (exact) mass is 537 g/mol. The van der Waals surface area contributed by atoms with Gasteiger partial charge in [-0.2, -0.15) is 0 Å². The molecule has 0 spiro atoms. The molecule has 0 aliphatic rings. The van der Waals surface area contributed by atoms with Crippen LogP contribution < -0.4 is 10.2 Å². The highest BCUT2D eigenvalue weighted by molar-refractivity contribution is 6.50. The Morgan fingerprint density at radius 2 is 0.667 bits per heavy atom. The van der Waals surface area contributed by atoms with Crippen molar-refractivity contribution >= 4 is 13.4 Å². The normalized spacial score (nSPS) is 10.7. The molecular weight excluding hydrogens is 477 g/mol. The largest absolute Gasteiger partial charge is 0.673 e. The van der Waals surface area contributed by atoms with Gasteiger partial charge in [0.1, 0.15) is 0 Å². The molecule has 0 fully saturated rings. The Kier molecular flexibility index (Phi) is 37.5. The van der Waals surface area contributed by atoms with Gasteiger partial charge in [0.05, 0.1) is 80.0 Å². The van der Waals surface area contributed by atoms with Crippen molar-refractivity contribution in [1.29, 1.82) is 0 Å². The van der Waals surface area contributed by atoms with Crippen LogP contribution in [0.2, 0.25) is 0 Å². The van der Waals surface area contributed by atoms with Gasteiger partial charge >= 0.3 is 7.25 Å². The minimum absolute atomic E-state index is 1.21. The van der Waals surface area contributed by atoms with Crippen molar-refractivity contribution in [3.8, 4) is 0 Å². The van der Waals surface area contributed by atoms with Crippen LogP contribution in [0.25, 0.3) is 0 Å². The van der Waals surface area contributed by atoms with Crippen molar-refractivity contribution in [2.75, 3.05) is 80.0 Å². The first-order valence-electron chi connectivity index (χ1n) is 13.0. The van der Waals surface area contributed by atoms with Gasteiger partial charge in [0.15, 0.2) is 0 Å². The highest BCUT2D eigenvalue weighted by Crippen LogP contribution is 2.06. The zero-order valence-corrected chi connectivity index (χ0v) is 25.8. The van der Waals surface area contributed by atoms with Crippen LogP contribution in [0, 0.1) is 0 Å². The third-order valence-electron chi connectivity index (χ3n) is 6.87. The summed E-state index contributed by atoms with van der Waals surface area (Å²) in [7, 11) is 0.875. The molecule has 0 bridgehead atoms. The van der Waals surface area contributed by atoms with Gasteiger partial charge in [-0.3, -0.25) is 0 Å². The minimum Gasteiger partial charge on any atom is -0.652 e. The van der Waals surface area contributed by atoms with E-state index in [-0.39, 0.29) is 0 Å². The Labute approximate surface area is 221 Å². The molecule has 0 saturated heterocycles. The maximum atomic E-state index is 9.75. The van der Waals surface area contributed by atoms with Crippen molar-refractivity contribution in [3.05, 3.63) is 12.7 Å². The molecule has 0 N–H and O–H groups in total. The van der Waals surface area contributed by atoms with E-state index in [2.05, 4.69) is 90.0 Å². The van der Waals surface area contributed by atoms with E-state index in [1.807, 2.05) is 6.92 Å². The third kappa shape index (κ3) is 49.7. The van der Waals surface area contributed by atoms with E-state index >= 15 is 0 Å². The maximum absolute atomic E-state index is 9.75. The van der Waals surface area contributed by atoms with Gasteiger partial charge in [-0.1, -0.05) is 6.08 Å². The lowest BCUT2D eigenvalue weighted by molar-refractivity contribution is -0.904. The first-order chi connectivity index (χ1) is 16.2. The fourth-order valence-electron chi connectivity index (χ4n) is 2.01. The van der Waals surface area contributed by atoms with E-state index in [1.165, 1.54) is 72.4 Å². The van der Waals surface area contributed by atoms with Crippen molar-refractivity contribution in [3.63, 3.8) is 0 Å². The predicted octanol–water partition coefficient (Wildman–Crippen LogP) is 4.52. The number of quaternary nitrogens is 3. The highest BCUT2D eigenvalue weighted by Gasteiger charge is 2.20. The summed E-state index contributed by atoms with van der Waals surface area (Å²) in [5, 5.41) is 16.7. The van der Waals surface area contributed by atoms with Gasteiger partial charge in [-0.25, -0.2) is 0 Å². The summed E-state index contributed by atoms with van der Waals surface area (Å²) in [6.07, 6.45) is -0.583. The molecule has 0 aromatic carbocycles. The Bertz CT molecular complexity index is 394. The lowest BCUT2D eigenvalue weighted by Gasteiger charge is -2.30. The average molecular weight is 538 g/mol. The third-order valence-corrected chi connectivity index (χ3v) is 6.87. The topological polar surface area (TPSA) is 63.2 Å². The molecule has 0 aromatic heterocycles. The second-order valence-electron chi connectivity index (χ2n) is 8.86. The van der Waals surface area contributed by atoms with E-state index in [4.69, 9.17) is 15.0 Å². The number of carbonyl (C=O) groups excluding carboxylic acids is 1. The molecule has 11 heteroatoms. The SMILES string of the molecule is C=CC.CC[N+](C)(CC)CC.CC[N+](C)(CC)CC.CC[N+](C)(CC)CC.F[B-](F)(F)F.O=C([O-])[O-]. The predicted molar refractivity (Wildman–Crippen MR) is 145 cm³/mol. The maximum Gasteiger partial charge on any atom is 0.673 e. The molecule has 224 valence electrons. The van der Waals surface area contributed by atoms with Crippen LogP contribution in [0.15, 0.2) is 12.7 Å². The van der Waals surface area contributed by atoms with Crippen molar-refractivity contribution in [2.24, 2.45) is 0 Å². The fraction of sp³-hybridized carbons (Fsp3) is 0.880. The summed E-state index contributed by atoms with van der Waals surface area (Å²) in [6.45, 7) is 36.8. The van der Waals surface area contributed by atoms with Gasteiger partial charge < -0.3 is 45.7 Å². The fourth-order valence-corrected chi connectivity index (χ4v) is 2.01. The van der Waals surface area contributed by atoms with Gasteiger partial charge in [0, 0.05) is 0 Å². The van der Waals surface area contributed by atoms with Crippen LogP contribution in [0.1, 0.15) is 69.2 Å². The van der Waals surface area contributed by atoms with Crippen LogP contribution >= 0.6 is 0 Å². The number of carbonyl (C=O) groups is 1. The minimum atomic E-state index is -6.00. The molecule has 0 unspecified atom stereocenters. The molecule has 6 nitrogen and oxygen atoms in total. The molecule has 0 aliphatic heterocycles. The molecule has 0 rings (SSSR count). The molecule has 0 radical (unpaired) electrons. The zero-order valence-electron chi connectivity index (χ0n) is 25.8. The van der Waals surface area contributed by atoms with Crippen LogP contribution in [0.5, 0.6) is 0 Å². The smallest absolute Gasteiger partial charge is 0.652 e. The number of halogens is 4. The molecule has 0 atom stereocenters. The highest BCUT2D eigenvalue weighted by atomic mass is 19.5. The molecule has 0 aliphatic carbocycles. The molecule has 36 heavy (non-hydrogen) atoms. The van der Waals surface area contributed by atoms with E-state index in [9.17, 15) is 17.3 Å². The van der Waals surface area contributed by atoms with E-state index in [1.54, 1.807) is 6.08 Å². The Morgan fingerprint density at radius 1 is 0.611 bits per heavy atom. The first kappa shape index (κ1) is 47.8. The summed E-state index contributed by atoms with van der Waals surface area (Å²) in [6, 6.07) is 0. The Morgan fingerprint density at radius 3 is 0.667 bits per heavy atom. The van der Waals surface area contributed by atoms with E-state index in [0.29, 0.717) is 0 Å². The summed E-state index contributed by atoms with van der Waals surface area (Å²) >= 11 is 0. The summed E-state index contributed by atoms with van der Waals surface area (Å²) in [4.78, 5) is 8.33. The number of nitrogens with zero attached hydrogens (tertiary/aromatic N) is 3. The number of hydrogen-bond acceptors (Lipinski definition) is 3. The number of rotatable bonds is 9. The Hall–Kier alpha value is -1.33. The standard InChI is InChI=1S/3C7H18N.C3H6.CH2O3.BF4/c3*1-5-8(4,6-2)7-3;1-3-2;2-1(3)4;2-1(3,4)5/h3*5-7H2,1-4H3;3H,1H2,2H3;(H2,2,3,4);/q3*+1;;;-1/p-2. The van der Waals surface area contributed by atoms with Gasteiger partial charge in [0.2, 0.25) is 0 Å². The average Bonchev–Trinajstić information content (AvgIpc) is 2.82. The first-order valence-corrected chi connectivity index (χ1v) is 13.0. The van der Waals surface area contributed by atoms with Gasteiger partial charge in [0.25, 0.3) is 0 Å². The Balaban J connectivity index is -0.0000000775. The van der Waals surface area contributed by atoms with E-state index < -0.39 is 13.4 Å². The second-order valence-corrected chi connectivity index (χ2v) is 8.86. The number of carboxylic acid groups (broad SMARTS) is 2.